The second-order valence-corrected chi connectivity index (χ2v) is 5.18. The number of aromatic nitrogens is 2. The second kappa shape index (κ2) is 6.70. The van der Waals surface area contributed by atoms with Gasteiger partial charge in [0.2, 0.25) is 0 Å². The summed E-state index contributed by atoms with van der Waals surface area (Å²) in [7, 11) is 2.08. The molecule has 104 valence electrons. The van der Waals surface area contributed by atoms with Gasteiger partial charge < -0.3 is 10.3 Å². The highest BCUT2D eigenvalue weighted by Crippen LogP contribution is 2.36. The Kier molecular flexibility index (Phi) is 5.21. The lowest BCUT2D eigenvalue weighted by molar-refractivity contribution is 0.396. The van der Waals surface area contributed by atoms with Gasteiger partial charge in [0.1, 0.15) is 5.65 Å². The Hall–Kier alpha value is -0.620. The third-order valence-electron chi connectivity index (χ3n) is 3.98. The van der Waals surface area contributed by atoms with Gasteiger partial charge in [-0.2, -0.15) is 0 Å². The summed E-state index contributed by atoms with van der Waals surface area (Å²) in [6, 6.07) is 4.63. The highest BCUT2D eigenvalue weighted by Gasteiger charge is 2.22. The maximum atomic E-state index is 5.98. The number of halogens is 1. The van der Waals surface area contributed by atoms with E-state index < -0.39 is 0 Å². The maximum absolute atomic E-state index is 5.98. The highest BCUT2D eigenvalue weighted by molar-refractivity contribution is 14.1. The van der Waals surface area contributed by atoms with Crippen molar-refractivity contribution in [3.63, 3.8) is 0 Å². The SMILES string of the molecule is CI.Cn1cc(C2CCC(N)CC2)c2cccnc21. The molecule has 2 heterocycles. The molecule has 2 aromatic heterocycles. The number of alkyl halides is 1. The van der Waals surface area contributed by atoms with Gasteiger partial charge >= 0.3 is 0 Å². The summed E-state index contributed by atoms with van der Waals surface area (Å²) in [5, 5.41) is 1.32. The lowest BCUT2D eigenvalue weighted by Gasteiger charge is -2.25. The molecule has 19 heavy (non-hydrogen) atoms. The number of pyridine rings is 1. The van der Waals surface area contributed by atoms with Crippen LogP contribution in [-0.2, 0) is 7.05 Å². The van der Waals surface area contributed by atoms with Crippen molar-refractivity contribution >= 4 is 33.6 Å². The van der Waals surface area contributed by atoms with Crippen LogP contribution in [0.25, 0.3) is 11.0 Å². The Morgan fingerprint density at radius 2 is 1.95 bits per heavy atom. The van der Waals surface area contributed by atoms with Gasteiger partial charge in [-0.3, -0.25) is 0 Å². The number of hydrogen-bond acceptors (Lipinski definition) is 2. The Morgan fingerprint density at radius 3 is 2.63 bits per heavy atom. The van der Waals surface area contributed by atoms with E-state index in [-0.39, 0.29) is 0 Å². The minimum absolute atomic E-state index is 0.416. The number of rotatable bonds is 1. The summed E-state index contributed by atoms with van der Waals surface area (Å²) in [6.07, 6.45) is 8.86. The minimum atomic E-state index is 0.416. The van der Waals surface area contributed by atoms with Crippen molar-refractivity contribution in [2.24, 2.45) is 12.8 Å². The first-order valence-corrected chi connectivity index (χ1v) is 8.95. The van der Waals surface area contributed by atoms with Crippen molar-refractivity contribution < 1.29 is 0 Å². The molecule has 3 nitrogen and oxygen atoms in total. The Balaban J connectivity index is 0.000000637. The van der Waals surface area contributed by atoms with Crippen molar-refractivity contribution in [1.29, 1.82) is 0 Å². The summed E-state index contributed by atoms with van der Waals surface area (Å²) in [4.78, 5) is 6.42. The largest absolute Gasteiger partial charge is 0.335 e. The smallest absolute Gasteiger partial charge is 0.139 e. The van der Waals surface area contributed by atoms with Crippen LogP contribution in [0, 0.1) is 0 Å². The lowest BCUT2D eigenvalue weighted by Crippen LogP contribution is -2.25. The molecule has 1 fully saturated rings. The molecule has 0 saturated heterocycles. The molecule has 0 radical (unpaired) electrons. The predicted molar refractivity (Wildman–Crippen MR) is 89.8 cm³/mol. The maximum Gasteiger partial charge on any atom is 0.139 e. The van der Waals surface area contributed by atoms with E-state index in [4.69, 9.17) is 5.73 Å². The molecule has 1 aliphatic carbocycles. The molecule has 0 aliphatic heterocycles. The zero-order valence-electron chi connectivity index (χ0n) is 11.6. The molecule has 0 bridgehead atoms. The van der Waals surface area contributed by atoms with Crippen LogP contribution < -0.4 is 5.73 Å². The number of hydrogen-bond donors (Lipinski definition) is 1. The standard InChI is InChI=1S/C14H19N3.CH3I/c1-17-9-13(10-4-6-11(15)7-5-10)12-3-2-8-16-14(12)17;1-2/h2-3,8-11H,4-7,15H2,1H3;1H3. The Bertz CT molecular complexity index is 527. The first kappa shape index (κ1) is 14.8. The molecule has 2 N–H and O–H groups in total. The molecule has 0 atom stereocenters. The van der Waals surface area contributed by atoms with E-state index in [0.717, 1.165) is 18.5 Å². The highest BCUT2D eigenvalue weighted by atomic mass is 127. The van der Waals surface area contributed by atoms with Gasteiger partial charge in [0.15, 0.2) is 0 Å². The number of aryl methyl sites for hydroxylation is 1. The summed E-state index contributed by atoms with van der Waals surface area (Å²) < 4.78 is 2.14. The fourth-order valence-electron chi connectivity index (χ4n) is 3.00. The molecule has 1 saturated carbocycles. The lowest BCUT2D eigenvalue weighted by atomic mass is 9.82. The van der Waals surface area contributed by atoms with E-state index in [9.17, 15) is 0 Å². The van der Waals surface area contributed by atoms with Crippen LogP contribution >= 0.6 is 22.6 Å². The Labute approximate surface area is 128 Å². The monoisotopic (exact) mass is 371 g/mol. The molecule has 3 rings (SSSR count). The van der Waals surface area contributed by atoms with Gasteiger partial charge in [-0.1, -0.05) is 22.6 Å². The first-order valence-electron chi connectivity index (χ1n) is 6.79. The summed E-state index contributed by atoms with van der Waals surface area (Å²) >= 11 is 2.15. The van der Waals surface area contributed by atoms with Crippen molar-refractivity contribution in [3.8, 4) is 0 Å². The normalized spacial score (nSPS) is 22.9. The van der Waals surface area contributed by atoms with Gasteiger partial charge in [-0.05, 0) is 54.2 Å². The van der Waals surface area contributed by atoms with Gasteiger partial charge in [-0.25, -0.2) is 4.98 Å². The van der Waals surface area contributed by atoms with Crippen LogP contribution in [-0.4, -0.2) is 20.5 Å². The van der Waals surface area contributed by atoms with Gasteiger partial charge in [0.05, 0.1) is 0 Å². The van der Waals surface area contributed by atoms with Crippen molar-refractivity contribution in [2.45, 2.75) is 37.6 Å². The third-order valence-corrected chi connectivity index (χ3v) is 3.98. The zero-order valence-corrected chi connectivity index (χ0v) is 13.8. The summed E-state index contributed by atoms with van der Waals surface area (Å²) in [5.41, 5.74) is 8.53. The molecule has 0 amide bonds. The summed E-state index contributed by atoms with van der Waals surface area (Å²) in [6.45, 7) is 0. The molecule has 4 heteroatoms. The van der Waals surface area contributed by atoms with Crippen molar-refractivity contribution in [2.75, 3.05) is 4.93 Å². The molecule has 0 unspecified atom stereocenters. The van der Waals surface area contributed by atoms with E-state index in [0.29, 0.717) is 12.0 Å². The van der Waals surface area contributed by atoms with Crippen LogP contribution in [0.1, 0.15) is 37.2 Å². The van der Waals surface area contributed by atoms with E-state index in [2.05, 4.69) is 51.5 Å². The zero-order chi connectivity index (χ0) is 13.8. The number of fused-ring (bicyclic) bond motifs is 1. The van der Waals surface area contributed by atoms with Crippen LogP contribution in [0.5, 0.6) is 0 Å². The van der Waals surface area contributed by atoms with Crippen LogP contribution in [0.3, 0.4) is 0 Å². The van der Waals surface area contributed by atoms with Gasteiger partial charge in [-0.15, -0.1) is 0 Å². The van der Waals surface area contributed by atoms with Crippen LogP contribution in [0.15, 0.2) is 24.5 Å². The quantitative estimate of drug-likeness (QED) is 0.615. The van der Waals surface area contributed by atoms with E-state index in [1.165, 1.54) is 23.8 Å². The van der Waals surface area contributed by atoms with Crippen molar-refractivity contribution in [3.05, 3.63) is 30.1 Å². The molecular formula is C15H22IN3. The summed E-state index contributed by atoms with van der Waals surface area (Å²) in [5.74, 6) is 0.669. The minimum Gasteiger partial charge on any atom is -0.335 e. The Morgan fingerprint density at radius 1 is 1.26 bits per heavy atom. The average molecular weight is 371 g/mol. The molecule has 1 aliphatic rings. The van der Waals surface area contributed by atoms with Crippen LogP contribution in [0.2, 0.25) is 0 Å². The predicted octanol–water partition coefficient (Wildman–Crippen LogP) is 3.61. The second-order valence-electron chi connectivity index (χ2n) is 5.18. The van der Waals surface area contributed by atoms with E-state index in [1.807, 2.05) is 17.2 Å². The van der Waals surface area contributed by atoms with E-state index >= 15 is 0 Å². The molecule has 0 aromatic carbocycles. The van der Waals surface area contributed by atoms with E-state index in [1.54, 1.807) is 0 Å². The topological polar surface area (TPSA) is 43.8 Å². The first-order chi connectivity index (χ1) is 9.25. The van der Waals surface area contributed by atoms with Gasteiger partial charge in [0, 0.05) is 30.9 Å². The number of nitrogens with zero attached hydrogens (tertiary/aromatic N) is 2. The van der Waals surface area contributed by atoms with Crippen molar-refractivity contribution in [1.82, 2.24) is 9.55 Å². The molecular weight excluding hydrogens is 349 g/mol. The number of nitrogens with two attached hydrogens (primary N) is 1. The average Bonchev–Trinajstić information content (AvgIpc) is 2.80. The van der Waals surface area contributed by atoms with Gasteiger partial charge in [0.25, 0.3) is 0 Å². The fourth-order valence-corrected chi connectivity index (χ4v) is 3.00. The van der Waals surface area contributed by atoms with Crippen LogP contribution in [0.4, 0.5) is 0 Å². The molecule has 2 aromatic rings. The molecule has 0 spiro atoms. The third kappa shape index (κ3) is 3.11. The fraction of sp³-hybridized carbons (Fsp3) is 0.533.